The lowest BCUT2D eigenvalue weighted by Gasteiger charge is -2.03. The summed E-state index contributed by atoms with van der Waals surface area (Å²) in [7, 11) is 0. The van der Waals surface area contributed by atoms with Crippen molar-refractivity contribution in [1.29, 1.82) is 0 Å². The smallest absolute Gasteiger partial charge is 0.279 e. The van der Waals surface area contributed by atoms with Gasteiger partial charge in [-0.2, -0.15) is 0 Å². The first kappa shape index (κ1) is 19.9. The van der Waals surface area contributed by atoms with E-state index in [1.165, 1.54) is 22.5 Å². The van der Waals surface area contributed by atoms with E-state index in [-0.39, 0.29) is 11.6 Å². The molecule has 0 radical (unpaired) electrons. The second kappa shape index (κ2) is 8.99. The number of thiazole rings is 1. The summed E-state index contributed by atoms with van der Waals surface area (Å²) in [6.45, 7) is 0. The Labute approximate surface area is 189 Å². The summed E-state index contributed by atoms with van der Waals surface area (Å²) in [6.07, 6.45) is 0.891. The normalized spacial score (nSPS) is 10.8. The molecule has 5 aromatic rings. The highest BCUT2D eigenvalue weighted by Gasteiger charge is 2.15. The average Bonchev–Trinajstić information content (AvgIpc) is 3.51. The molecule has 156 valence electrons. The third-order valence-corrected chi connectivity index (χ3v) is 5.78. The van der Waals surface area contributed by atoms with Gasteiger partial charge in [0.15, 0.2) is 16.6 Å². The molecular formula is C26H19N3O2S. The summed E-state index contributed by atoms with van der Waals surface area (Å²) >= 11 is 1.38. The van der Waals surface area contributed by atoms with Gasteiger partial charge in [0.1, 0.15) is 0 Å². The van der Waals surface area contributed by atoms with Crippen molar-refractivity contribution in [2.75, 3.05) is 5.32 Å². The van der Waals surface area contributed by atoms with Crippen molar-refractivity contribution in [3.8, 4) is 22.6 Å². The van der Waals surface area contributed by atoms with Crippen molar-refractivity contribution >= 4 is 22.4 Å². The van der Waals surface area contributed by atoms with Gasteiger partial charge in [0.05, 0.1) is 5.69 Å². The second-order valence-corrected chi connectivity index (χ2v) is 8.15. The number of nitrogens with zero attached hydrogens (tertiary/aromatic N) is 2. The monoisotopic (exact) mass is 437 g/mol. The van der Waals surface area contributed by atoms with Crippen molar-refractivity contribution in [1.82, 2.24) is 10.1 Å². The van der Waals surface area contributed by atoms with E-state index in [0.29, 0.717) is 10.9 Å². The van der Waals surface area contributed by atoms with E-state index in [1.54, 1.807) is 6.07 Å². The van der Waals surface area contributed by atoms with Crippen LogP contribution in [0.3, 0.4) is 0 Å². The predicted octanol–water partition coefficient (Wildman–Crippen LogP) is 6.31. The minimum atomic E-state index is -0.352. The van der Waals surface area contributed by atoms with Crippen LogP contribution in [-0.2, 0) is 6.42 Å². The lowest BCUT2D eigenvalue weighted by molar-refractivity contribution is 0.101. The summed E-state index contributed by atoms with van der Waals surface area (Å²) in [6, 6.07) is 29.9. The zero-order chi connectivity index (χ0) is 21.8. The maximum absolute atomic E-state index is 12.6. The molecule has 2 aromatic heterocycles. The van der Waals surface area contributed by atoms with Crippen LogP contribution in [0.25, 0.3) is 22.6 Å². The maximum atomic E-state index is 12.6. The molecule has 0 unspecified atom stereocenters. The van der Waals surface area contributed by atoms with Gasteiger partial charge in [-0.05, 0) is 17.5 Å². The molecular weight excluding hydrogens is 418 g/mol. The third-order valence-electron chi connectivity index (χ3n) is 5.03. The van der Waals surface area contributed by atoms with Crippen molar-refractivity contribution in [3.05, 3.63) is 113 Å². The molecule has 0 saturated heterocycles. The number of hydrogen-bond acceptors (Lipinski definition) is 5. The summed E-state index contributed by atoms with van der Waals surface area (Å²) in [4.78, 5) is 17.1. The number of benzene rings is 3. The van der Waals surface area contributed by atoms with Crippen LogP contribution in [0, 0.1) is 0 Å². The van der Waals surface area contributed by atoms with Crippen LogP contribution in [0.2, 0.25) is 0 Å². The zero-order valence-electron chi connectivity index (χ0n) is 17.1. The van der Waals surface area contributed by atoms with E-state index in [4.69, 9.17) is 4.52 Å². The highest BCUT2D eigenvalue weighted by molar-refractivity contribution is 7.14. The van der Waals surface area contributed by atoms with Gasteiger partial charge in [0, 0.05) is 22.6 Å². The summed E-state index contributed by atoms with van der Waals surface area (Å²) in [5, 5.41) is 9.14. The standard InChI is InChI=1S/C26H19N3O2S/c30-25(22-16-24(31-29-22)21-9-5-2-6-10-21)28-26-27-23(17-32-26)20-13-11-19(12-14-20)15-18-7-3-1-4-8-18/h1-14,16-17H,15H2,(H,27,28,30). The van der Waals surface area contributed by atoms with E-state index in [2.05, 4.69) is 64.0 Å². The number of carbonyl (C=O) groups is 1. The molecule has 5 nitrogen and oxygen atoms in total. The minimum absolute atomic E-state index is 0.214. The third kappa shape index (κ3) is 4.50. The first-order valence-corrected chi connectivity index (χ1v) is 11.0. The van der Waals surface area contributed by atoms with Crippen molar-refractivity contribution in [2.45, 2.75) is 6.42 Å². The fourth-order valence-electron chi connectivity index (χ4n) is 3.37. The van der Waals surface area contributed by atoms with Crippen molar-refractivity contribution in [3.63, 3.8) is 0 Å². The Morgan fingerprint density at radius 1 is 0.844 bits per heavy atom. The Hall–Kier alpha value is -4.03. The Bertz CT molecular complexity index is 1330. The molecule has 5 rings (SSSR count). The van der Waals surface area contributed by atoms with Crippen LogP contribution in [-0.4, -0.2) is 16.0 Å². The fourth-order valence-corrected chi connectivity index (χ4v) is 4.09. The molecule has 2 heterocycles. The van der Waals surface area contributed by atoms with Crippen LogP contribution in [0.1, 0.15) is 21.6 Å². The van der Waals surface area contributed by atoms with Gasteiger partial charge in [0.2, 0.25) is 0 Å². The van der Waals surface area contributed by atoms with Crippen LogP contribution in [0.4, 0.5) is 5.13 Å². The van der Waals surface area contributed by atoms with Crippen LogP contribution >= 0.6 is 11.3 Å². The van der Waals surface area contributed by atoms with Gasteiger partial charge in [-0.25, -0.2) is 4.98 Å². The molecule has 0 bridgehead atoms. The molecule has 1 amide bonds. The molecule has 32 heavy (non-hydrogen) atoms. The summed E-state index contributed by atoms with van der Waals surface area (Å²) < 4.78 is 5.31. The van der Waals surface area contributed by atoms with Crippen molar-refractivity contribution in [2.24, 2.45) is 0 Å². The maximum Gasteiger partial charge on any atom is 0.279 e. The molecule has 0 spiro atoms. The van der Waals surface area contributed by atoms with Crippen molar-refractivity contribution < 1.29 is 9.32 Å². The first-order chi connectivity index (χ1) is 15.7. The van der Waals surface area contributed by atoms with Crippen LogP contribution < -0.4 is 5.32 Å². The molecule has 0 aliphatic rings. The molecule has 0 atom stereocenters. The lowest BCUT2D eigenvalue weighted by atomic mass is 10.0. The Kier molecular flexibility index (Phi) is 5.59. The second-order valence-electron chi connectivity index (χ2n) is 7.29. The molecule has 0 fully saturated rings. The quantitative estimate of drug-likeness (QED) is 0.338. The Morgan fingerprint density at radius 2 is 1.53 bits per heavy atom. The lowest BCUT2D eigenvalue weighted by Crippen LogP contribution is -2.11. The van der Waals surface area contributed by atoms with Gasteiger partial charge in [-0.15, -0.1) is 11.3 Å². The number of aromatic nitrogens is 2. The van der Waals surface area contributed by atoms with E-state index >= 15 is 0 Å². The molecule has 0 aliphatic carbocycles. The highest BCUT2D eigenvalue weighted by Crippen LogP contribution is 2.26. The fraction of sp³-hybridized carbons (Fsp3) is 0.0385. The SMILES string of the molecule is O=C(Nc1nc(-c2ccc(Cc3ccccc3)cc2)cs1)c1cc(-c2ccccc2)on1. The number of anilines is 1. The molecule has 1 N–H and O–H groups in total. The molecule has 0 aliphatic heterocycles. The number of nitrogens with one attached hydrogen (secondary N) is 1. The van der Waals surface area contributed by atoms with Gasteiger partial charge >= 0.3 is 0 Å². The molecule has 6 heteroatoms. The average molecular weight is 438 g/mol. The van der Waals surface area contributed by atoms with Gasteiger partial charge < -0.3 is 4.52 Å². The van der Waals surface area contributed by atoms with E-state index < -0.39 is 0 Å². The summed E-state index contributed by atoms with van der Waals surface area (Å²) in [5.41, 5.74) is 5.43. The number of rotatable bonds is 6. The number of carbonyl (C=O) groups excluding carboxylic acids is 1. The van der Waals surface area contributed by atoms with E-state index in [0.717, 1.165) is 23.2 Å². The van der Waals surface area contributed by atoms with Crippen LogP contribution in [0.5, 0.6) is 0 Å². The largest absolute Gasteiger partial charge is 0.355 e. The summed E-state index contributed by atoms with van der Waals surface area (Å²) in [5.74, 6) is 0.196. The van der Waals surface area contributed by atoms with Gasteiger partial charge in [-0.1, -0.05) is 90.1 Å². The van der Waals surface area contributed by atoms with Crippen LogP contribution in [0.15, 0.2) is 101 Å². The topological polar surface area (TPSA) is 68.0 Å². The molecule has 3 aromatic carbocycles. The Morgan fingerprint density at radius 3 is 2.28 bits per heavy atom. The predicted molar refractivity (Wildman–Crippen MR) is 127 cm³/mol. The first-order valence-electron chi connectivity index (χ1n) is 10.2. The van der Waals surface area contributed by atoms with E-state index in [9.17, 15) is 4.79 Å². The Balaban J connectivity index is 1.25. The van der Waals surface area contributed by atoms with Gasteiger partial charge in [-0.3, -0.25) is 10.1 Å². The number of amides is 1. The van der Waals surface area contributed by atoms with E-state index in [1.807, 2.05) is 41.8 Å². The zero-order valence-corrected chi connectivity index (χ0v) is 17.9. The molecule has 0 saturated carbocycles. The number of hydrogen-bond donors (Lipinski definition) is 1. The minimum Gasteiger partial charge on any atom is -0.355 e. The van der Waals surface area contributed by atoms with Gasteiger partial charge in [0.25, 0.3) is 5.91 Å². The highest BCUT2D eigenvalue weighted by atomic mass is 32.1.